The smallest absolute Gasteiger partial charge is 0.0667 e. The highest BCUT2D eigenvalue weighted by molar-refractivity contribution is 5.46. The fraction of sp³-hybridized carbons (Fsp3) is 0.600. The van der Waals surface area contributed by atoms with E-state index in [0.717, 1.165) is 13.2 Å². The van der Waals surface area contributed by atoms with Gasteiger partial charge in [0.2, 0.25) is 0 Å². The van der Waals surface area contributed by atoms with Gasteiger partial charge in [-0.15, -0.1) is 0 Å². The molecule has 0 saturated carbocycles. The molecular weight excluding hydrogens is 210 g/mol. The highest BCUT2D eigenvalue weighted by atomic mass is 16.5. The molecule has 1 aromatic carbocycles. The predicted molar refractivity (Wildman–Crippen MR) is 72.6 cm³/mol. The summed E-state index contributed by atoms with van der Waals surface area (Å²) in [5, 5.41) is 3.54. The summed E-state index contributed by atoms with van der Waals surface area (Å²) >= 11 is 0. The number of nitrogens with one attached hydrogen (secondary N) is 1. The first kappa shape index (κ1) is 12.4. The molecular formula is C15H23NO. The van der Waals surface area contributed by atoms with Crippen molar-refractivity contribution < 1.29 is 4.74 Å². The van der Waals surface area contributed by atoms with E-state index in [2.05, 4.69) is 43.4 Å². The molecule has 0 bridgehead atoms. The molecule has 1 fully saturated rings. The second kappa shape index (κ2) is 6.06. The molecule has 0 spiro atoms. The summed E-state index contributed by atoms with van der Waals surface area (Å²) in [6.45, 7) is 6.27. The van der Waals surface area contributed by atoms with Gasteiger partial charge in [-0.2, -0.15) is 0 Å². The van der Waals surface area contributed by atoms with Crippen molar-refractivity contribution in [2.24, 2.45) is 0 Å². The summed E-state index contributed by atoms with van der Waals surface area (Å²) < 4.78 is 5.47. The van der Waals surface area contributed by atoms with Crippen molar-refractivity contribution >= 4 is 5.69 Å². The van der Waals surface area contributed by atoms with E-state index < -0.39 is 0 Å². The van der Waals surface area contributed by atoms with E-state index in [1.54, 1.807) is 0 Å². The molecule has 2 heteroatoms. The summed E-state index contributed by atoms with van der Waals surface area (Å²) in [6, 6.07) is 9.34. The summed E-state index contributed by atoms with van der Waals surface area (Å²) in [4.78, 5) is 0. The number of anilines is 1. The summed E-state index contributed by atoms with van der Waals surface area (Å²) in [7, 11) is 0. The predicted octanol–water partition coefficient (Wildman–Crippen LogP) is 3.79. The van der Waals surface area contributed by atoms with Gasteiger partial charge in [0.05, 0.1) is 6.61 Å². The molecule has 17 heavy (non-hydrogen) atoms. The largest absolute Gasteiger partial charge is 0.380 e. The van der Waals surface area contributed by atoms with Crippen LogP contribution in [0.25, 0.3) is 0 Å². The van der Waals surface area contributed by atoms with Crippen LogP contribution in [0, 0.1) is 0 Å². The first-order valence-electron chi connectivity index (χ1n) is 6.74. The Morgan fingerprint density at radius 1 is 1.35 bits per heavy atom. The van der Waals surface area contributed by atoms with Crippen molar-refractivity contribution in [3.05, 3.63) is 29.8 Å². The van der Waals surface area contributed by atoms with Crippen molar-refractivity contribution in [3.8, 4) is 0 Å². The molecule has 94 valence electrons. The average Bonchev–Trinajstić information content (AvgIpc) is 2.40. The van der Waals surface area contributed by atoms with Crippen LogP contribution >= 0.6 is 0 Å². The fourth-order valence-corrected chi connectivity index (χ4v) is 2.23. The summed E-state index contributed by atoms with van der Waals surface area (Å²) in [5.74, 6) is 0.655. The van der Waals surface area contributed by atoms with Gasteiger partial charge in [0.25, 0.3) is 0 Å². The highest BCUT2D eigenvalue weighted by Gasteiger charge is 2.13. The van der Waals surface area contributed by atoms with Crippen LogP contribution in [0.4, 0.5) is 5.69 Å². The fourth-order valence-electron chi connectivity index (χ4n) is 2.23. The lowest BCUT2D eigenvalue weighted by Gasteiger charge is -2.24. The zero-order chi connectivity index (χ0) is 12.1. The first-order chi connectivity index (χ1) is 8.29. The molecule has 2 unspecified atom stereocenters. The van der Waals surface area contributed by atoms with Gasteiger partial charge in [0.1, 0.15) is 0 Å². The van der Waals surface area contributed by atoms with Crippen LogP contribution in [0.15, 0.2) is 24.3 Å². The Balaban J connectivity index is 1.93. The monoisotopic (exact) mass is 233 g/mol. The van der Waals surface area contributed by atoms with E-state index in [9.17, 15) is 0 Å². The third kappa shape index (κ3) is 3.47. The van der Waals surface area contributed by atoms with Gasteiger partial charge in [0, 0.05) is 18.3 Å². The Kier molecular flexibility index (Phi) is 4.43. The lowest BCUT2D eigenvalue weighted by atomic mass is 9.98. The zero-order valence-electron chi connectivity index (χ0n) is 10.9. The van der Waals surface area contributed by atoms with Gasteiger partial charge < -0.3 is 10.1 Å². The number of benzene rings is 1. The average molecular weight is 233 g/mol. The van der Waals surface area contributed by atoms with E-state index in [1.807, 2.05) is 0 Å². The van der Waals surface area contributed by atoms with Crippen LogP contribution in [0.2, 0.25) is 0 Å². The molecule has 2 atom stereocenters. The van der Waals surface area contributed by atoms with Crippen LogP contribution in [0.5, 0.6) is 0 Å². The molecule has 0 aliphatic carbocycles. The molecule has 0 aromatic heterocycles. The Morgan fingerprint density at radius 3 is 2.71 bits per heavy atom. The number of hydrogen-bond donors (Lipinski definition) is 1. The maximum absolute atomic E-state index is 5.47. The first-order valence-corrected chi connectivity index (χ1v) is 6.74. The van der Waals surface area contributed by atoms with Crippen molar-refractivity contribution in [2.75, 3.05) is 18.5 Å². The van der Waals surface area contributed by atoms with E-state index in [-0.39, 0.29) is 0 Å². The maximum atomic E-state index is 5.47. The molecule has 1 aliphatic rings. The number of rotatable bonds is 4. The van der Waals surface area contributed by atoms with E-state index in [1.165, 1.54) is 30.5 Å². The quantitative estimate of drug-likeness (QED) is 0.854. The van der Waals surface area contributed by atoms with Gasteiger partial charge >= 0.3 is 0 Å². The lowest BCUT2D eigenvalue weighted by molar-refractivity contribution is 0.0876. The SMILES string of the molecule is CCC(C)c1ccc(NC2CCCOC2)cc1. The van der Waals surface area contributed by atoms with E-state index in [4.69, 9.17) is 4.74 Å². The Bertz CT molecular complexity index is 327. The van der Waals surface area contributed by atoms with Crippen LogP contribution in [-0.2, 0) is 4.74 Å². The summed E-state index contributed by atoms with van der Waals surface area (Å²) in [6.07, 6.45) is 3.58. The molecule has 2 rings (SSSR count). The Morgan fingerprint density at radius 2 is 2.12 bits per heavy atom. The number of hydrogen-bond acceptors (Lipinski definition) is 2. The van der Waals surface area contributed by atoms with Crippen LogP contribution in [0.1, 0.15) is 44.6 Å². The van der Waals surface area contributed by atoms with E-state index in [0.29, 0.717) is 12.0 Å². The molecule has 1 aliphatic heterocycles. The molecule has 1 N–H and O–H groups in total. The Hall–Kier alpha value is -1.02. The third-order valence-electron chi connectivity index (χ3n) is 3.62. The summed E-state index contributed by atoms with van der Waals surface area (Å²) in [5.41, 5.74) is 2.64. The molecule has 2 nitrogen and oxygen atoms in total. The van der Waals surface area contributed by atoms with Crippen molar-refractivity contribution in [3.63, 3.8) is 0 Å². The maximum Gasteiger partial charge on any atom is 0.0667 e. The standard InChI is InChI=1S/C15H23NO/c1-3-12(2)13-6-8-14(9-7-13)16-15-5-4-10-17-11-15/h6-9,12,15-16H,3-5,10-11H2,1-2H3. The topological polar surface area (TPSA) is 21.3 Å². The third-order valence-corrected chi connectivity index (χ3v) is 3.62. The van der Waals surface area contributed by atoms with Crippen LogP contribution in [-0.4, -0.2) is 19.3 Å². The van der Waals surface area contributed by atoms with E-state index >= 15 is 0 Å². The highest BCUT2D eigenvalue weighted by Crippen LogP contribution is 2.21. The van der Waals surface area contributed by atoms with Crippen molar-refractivity contribution in [2.45, 2.75) is 45.1 Å². The zero-order valence-corrected chi connectivity index (χ0v) is 10.9. The van der Waals surface area contributed by atoms with Crippen LogP contribution in [0.3, 0.4) is 0 Å². The van der Waals surface area contributed by atoms with Crippen molar-refractivity contribution in [1.29, 1.82) is 0 Å². The van der Waals surface area contributed by atoms with Gasteiger partial charge in [-0.3, -0.25) is 0 Å². The second-order valence-corrected chi connectivity index (χ2v) is 4.99. The minimum absolute atomic E-state index is 0.484. The van der Waals surface area contributed by atoms with Crippen molar-refractivity contribution in [1.82, 2.24) is 0 Å². The van der Waals surface area contributed by atoms with Gasteiger partial charge in [0.15, 0.2) is 0 Å². The lowest BCUT2D eigenvalue weighted by Crippen LogP contribution is -2.29. The minimum Gasteiger partial charge on any atom is -0.380 e. The normalized spacial score (nSPS) is 22.1. The molecule has 1 aromatic rings. The van der Waals surface area contributed by atoms with Crippen LogP contribution < -0.4 is 5.32 Å². The second-order valence-electron chi connectivity index (χ2n) is 4.99. The molecule has 1 saturated heterocycles. The number of ether oxygens (including phenoxy) is 1. The van der Waals surface area contributed by atoms with Gasteiger partial charge in [-0.05, 0) is 42.9 Å². The van der Waals surface area contributed by atoms with Gasteiger partial charge in [-0.1, -0.05) is 26.0 Å². The molecule has 0 radical (unpaired) electrons. The molecule has 1 heterocycles. The Labute approximate surface area is 104 Å². The van der Waals surface area contributed by atoms with Gasteiger partial charge in [-0.25, -0.2) is 0 Å². The molecule has 0 amide bonds. The minimum atomic E-state index is 0.484.